The van der Waals surface area contributed by atoms with Crippen LogP contribution in [0.3, 0.4) is 0 Å². The number of hydrogen-bond donors (Lipinski definition) is 0. The van der Waals surface area contributed by atoms with Crippen LogP contribution in [0.5, 0.6) is 0 Å². The monoisotopic (exact) mass is 196 g/mol. The van der Waals surface area contributed by atoms with Crippen molar-refractivity contribution in [1.82, 2.24) is 0 Å². The van der Waals surface area contributed by atoms with Crippen molar-refractivity contribution in [2.24, 2.45) is 0 Å². The zero-order valence-electron chi connectivity index (χ0n) is 5.59. The summed E-state index contributed by atoms with van der Waals surface area (Å²) in [5.41, 5.74) is -4.38. The first-order valence-corrected chi connectivity index (χ1v) is 3.64. The van der Waals surface area contributed by atoms with Gasteiger partial charge in [-0.25, -0.2) is 0 Å². The number of aldehydes is 1. The molecule has 0 unspecified atom stereocenters. The van der Waals surface area contributed by atoms with Gasteiger partial charge in [0.2, 0.25) is 0 Å². The van der Waals surface area contributed by atoms with Crippen molar-refractivity contribution < 1.29 is 22.4 Å². The van der Waals surface area contributed by atoms with E-state index in [4.69, 9.17) is 0 Å². The Balaban J connectivity index is 2.70. The van der Waals surface area contributed by atoms with E-state index in [2.05, 4.69) is 4.42 Å². The summed E-state index contributed by atoms with van der Waals surface area (Å²) in [5.74, 6) is -0.109. The highest BCUT2D eigenvalue weighted by Crippen LogP contribution is 2.37. The van der Waals surface area contributed by atoms with E-state index in [1.165, 1.54) is 6.07 Å². The van der Waals surface area contributed by atoms with Crippen LogP contribution in [-0.4, -0.2) is 11.8 Å². The number of furan rings is 1. The third kappa shape index (κ3) is 2.61. The molecule has 0 fully saturated rings. The van der Waals surface area contributed by atoms with Crippen LogP contribution in [0.1, 0.15) is 10.6 Å². The molecule has 0 atom stereocenters. The van der Waals surface area contributed by atoms with E-state index >= 15 is 0 Å². The molecule has 1 rings (SSSR count). The van der Waals surface area contributed by atoms with Crippen molar-refractivity contribution in [2.45, 2.75) is 10.6 Å². The Labute approximate surface area is 69.7 Å². The topological polar surface area (TPSA) is 30.2 Å². The summed E-state index contributed by atoms with van der Waals surface area (Å²) >= 11 is -0.389. The maximum atomic E-state index is 11.7. The van der Waals surface area contributed by atoms with Crippen molar-refractivity contribution in [3.8, 4) is 0 Å². The fraction of sp³-hybridized carbons (Fsp3) is 0.167. The van der Waals surface area contributed by atoms with E-state index in [0.717, 1.165) is 6.07 Å². The van der Waals surface area contributed by atoms with Crippen LogP contribution in [0.4, 0.5) is 13.2 Å². The highest BCUT2D eigenvalue weighted by Gasteiger charge is 2.31. The molecule has 1 aromatic heterocycles. The predicted molar refractivity (Wildman–Crippen MR) is 36.0 cm³/mol. The molecular weight excluding hydrogens is 193 g/mol. The minimum atomic E-state index is -4.38. The lowest BCUT2D eigenvalue weighted by Gasteiger charge is -2.00. The van der Waals surface area contributed by atoms with Crippen LogP contribution >= 0.6 is 11.8 Å². The Kier molecular flexibility index (Phi) is 2.46. The van der Waals surface area contributed by atoms with Crippen molar-refractivity contribution in [1.29, 1.82) is 0 Å². The third-order valence-electron chi connectivity index (χ3n) is 0.935. The molecule has 0 aliphatic heterocycles. The standard InChI is InChI=1S/C6H3F3O2S/c7-6(8,9)12-5-2-1-4(3-10)11-5/h1-3H. The quantitative estimate of drug-likeness (QED) is 0.538. The summed E-state index contributed by atoms with van der Waals surface area (Å²) in [6.45, 7) is 0. The van der Waals surface area contributed by atoms with Gasteiger partial charge in [-0.1, -0.05) is 0 Å². The number of thioether (sulfide) groups is 1. The van der Waals surface area contributed by atoms with E-state index in [1.54, 1.807) is 0 Å². The fourth-order valence-corrected chi connectivity index (χ4v) is 1.07. The lowest BCUT2D eigenvalue weighted by molar-refractivity contribution is -0.0335. The largest absolute Gasteiger partial charge is 0.449 e. The predicted octanol–water partition coefficient (Wildman–Crippen LogP) is 2.70. The van der Waals surface area contributed by atoms with E-state index in [0.29, 0.717) is 6.29 Å². The average Bonchev–Trinajstić information content (AvgIpc) is 2.32. The molecule has 0 amide bonds. The van der Waals surface area contributed by atoms with Crippen molar-refractivity contribution in [3.63, 3.8) is 0 Å². The first-order valence-electron chi connectivity index (χ1n) is 2.82. The van der Waals surface area contributed by atoms with Gasteiger partial charge in [-0.2, -0.15) is 13.2 Å². The number of halogens is 3. The summed E-state index contributed by atoms with van der Waals surface area (Å²) in [4.78, 5) is 10.0. The smallest absolute Gasteiger partial charge is 0.447 e. The van der Waals surface area contributed by atoms with Gasteiger partial charge in [0.25, 0.3) is 0 Å². The van der Waals surface area contributed by atoms with E-state index in [9.17, 15) is 18.0 Å². The molecule has 0 aliphatic carbocycles. The lowest BCUT2D eigenvalue weighted by Crippen LogP contribution is -1.97. The molecule has 6 heteroatoms. The van der Waals surface area contributed by atoms with Crippen molar-refractivity contribution >= 4 is 18.0 Å². The molecule has 1 heterocycles. The van der Waals surface area contributed by atoms with Gasteiger partial charge in [-0.05, 0) is 12.1 Å². The lowest BCUT2D eigenvalue weighted by atomic mass is 10.5. The van der Waals surface area contributed by atoms with Crippen molar-refractivity contribution in [3.05, 3.63) is 17.9 Å². The van der Waals surface area contributed by atoms with Gasteiger partial charge in [0.05, 0.1) is 0 Å². The van der Waals surface area contributed by atoms with Crippen LogP contribution in [0.25, 0.3) is 0 Å². The Morgan fingerprint density at radius 1 is 1.42 bits per heavy atom. The molecule has 0 aromatic carbocycles. The summed E-state index contributed by atoms with van der Waals surface area (Å²) in [6, 6.07) is 2.28. The van der Waals surface area contributed by atoms with E-state index in [-0.39, 0.29) is 22.6 Å². The molecule has 12 heavy (non-hydrogen) atoms. The number of alkyl halides is 3. The number of hydrogen-bond acceptors (Lipinski definition) is 3. The molecule has 66 valence electrons. The molecule has 0 N–H and O–H groups in total. The Hall–Kier alpha value is -0.910. The van der Waals surface area contributed by atoms with Crippen LogP contribution in [-0.2, 0) is 0 Å². The van der Waals surface area contributed by atoms with Gasteiger partial charge < -0.3 is 4.42 Å². The molecule has 0 radical (unpaired) electrons. The zero-order chi connectivity index (χ0) is 9.19. The number of carbonyl (C=O) groups excluding carboxylic acids is 1. The Morgan fingerprint density at radius 2 is 2.08 bits per heavy atom. The van der Waals surface area contributed by atoms with Gasteiger partial charge in [-0.3, -0.25) is 4.79 Å². The highest BCUT2D eigenvalue weighted by molar-refractivity contribution is 8.00. The summed E-state index contributed by atoms with van der Waals surface area (Å²) in [7, 11) is 0. The number of rotatable bonds is 2. The molecular formula is C6H3F3O2S. The molecule has 2 nitrogen and oxygen atoms in total. The summed E-state index contributed by atoms with van der Waals surface area (Å²) < 4.78 is 39.5. The minimum Gasteiger partial charge on any atom is -0.447 e. The van der Waals surface area contributed by atoms with Crippen LogP contribution in [0.2, 0.25) is 0 Å². The SMILES string of the molecule is O=Cc1ccc(SC(F)(F)F)o1. The average molecular weight is 196 g/mol. The second-order valence-electron chi connectivity index (χ2n) is 1.82. The van der Waals surface area contributed by atoms with Gasteiger partial charge in [-0.15, -0.1) is 0 Å². The normalized spacial score (nSPS) is 11.6. The fourth-order valence-electron chi connectivity index (χ4n) is 0.567. The summed E-state index contributed by atoms with van der Waals surface area (Å²) in [6.07, 6.45) is 0.348. The van der Waals surface area contributed by atoms with Gasteiger partial charge in [0.1, 0.15) is 0 Å². The van der Waals surface area contributed by atoms with Gasteiger partial charge in [0.15, 0.2) is 17.1 Å². The van der Waals surface area contributed by atoms with Gasteiger partial charge >= 0.3 is 5.51 Å². The van der Waals surface area contributed by atoms with E-state index in [1.807, 2.05) is 0 Å². The highest BCUT2D eigenvalue weighted by atomic mass is 32.2. The molecule has 0 aliphatic rings. The third-order valence-corrected chi connectivity index (χ3v) is 1.59. The maximum Gasteiger partial charge on any atom is 0.449 e. The van der Waals surface area contributed by atoms with Crippen LogP contribution in [0, 0.1) is 0 Å². The second-order valence-corrected chi connectivity index (χ2v) is 2.89. The first-order chi connectivity index (χ1) is 5.51. The zero-order valence-corrected chi connectivity index (χ0v) is 6.41. The van der Waals surface area contributed by atoms with Gasteiger partial charge in [0, 0.05) is 11.8 Å². The minimum absolute atomic E-state index is 0.109. The molecule has 0 bridgehead atoms. The van der Waals surface area contributed by atoms with E-state index < -0.39 is 5.51 Å². The Bertz CT molecular complexity index is 279. The number of carbonyl (C=O) groups is 1. The molecule has 1 aromatic rings. The molecule has 0 saturated heterocycles. The molecule has 0 spiro atoms. The maximum absolute atomic E-state index is 11.7. The molecule has 0 saturated carbocycles. The Morgan fingerprint density at radius 3 is 2.50 bits per heavy atom. The van der Waals surface area contributed by atoms with Crippen molar-refractivity contribution in [2.75, 3.05) is 0 Å². The van der Waals surface area contributed by atoms with Crippen LogP contribution < -0.4 is 0 Å². The first kappa shape index (κ1) is 9.18. The second kappa shape index (κ2) is 3.22. The van der Waals surface area contributed by atoms with Crippen LogP contribution in [0.15, 0.2) is 21.6 Å². The summed E-state index contributed by atoms with van der Waals surface area (Å²) in [5, 5.41) is -0.329.